The maximum Gasteiger partial charge on any atom is -0.00188 e. The quantitative estimate of drug-likeness (QED) is 0.560. The Morgan fingerprint density at radius 1 is 0.667 bits per heavy atom. The molecular weight excluding hydrogens is 206 g/mol. The van der Waals surface area contributed by atoms with E-state index in [1.165, 1.54) is 58.2 Å². The predicted octanol–water partition coefficient (Wildman–Crippen LogP) is 4.75. The molecule has 0 aromatic rings. The minimum atomic E-state index is 0. The summed E-state index contributed by atoms with van der Waals surface area (Å²) in [4.78, 5) is 2.64. The van der Waals surface area contributed by atoms with Gasteiger partial charge in [0.25, 0.3) is 0 Å². The number of hydrogen-bond donors (Lipinski definition) is 0. The van der Waals surface area contributed by atoms with Crippen molar-refractivity contribution in [3.63, 3.8) is 0 Å². The molecule has 0 fully saturated rings. The van der Waals surface area contributed by atoms with Crippen LogP contribution in [0.3, 0.4) is 0 Å². The van der Waals surface area contributed by atoms with Crippen molar-refractivity contribution in [2.75, 3.05) is 19.6 Å². The molecule has 0 aromatic heterocycles. The van der Waals surface area contributed by atoms with E-state index in [0.29, 0.717) is 0 Å². The van der Waals surface area contributed by atoms with Crippen molar-refractivity contribution in [2.24, 2.45) is 0 Å². The van der Waals surface area contributed by atoms with E-state index in [4.69, 9.17) is 0 Å². The first-order chi connectivity index (χ1) is 6.35. The molecular formula is C13H32ClN. The third-order valence-corrected chi connectivity index (χ3v) is 2.48. The number of rotatable bonds is 9. The van der Waals surface area contributed by atoms with Crippen molar-refractivity contribution in [1.82, 2.24) is 4.90 Å². The molecule has 0 spiro atoms. The van der Waals surface area contributed by atoms with Gasteiger partial charge in [-0.3, -0.25) is 0 Å². The molecule has 0 aromatic carbocycles. The number of nitrogens with zero attached hydrogens (tertiary/aromatic N) is 1. The van der Waals surface area contributed by atoms with Crippen LogP contribution in [0.2, 0.25) is 0 Å². The zero-order valence-electron chi connectivity index (χ0n) is 10.2. The number of hydrogen-bond acceptors (Lipinski definition) is 1. The first-order valence-corrected chi connectivity index (χ1v) is 6.07. The minimum absolute atomic E-state index is 0. The van der Waals surface area contributed by atoms with E-state index < -0.39 is 0 Å². The SMILES string of the molecule is C.CCCCN(CCCC)CCCC.Cl. The highest BCUT2D eigenvalue weighted by atomic mass is 35.5. The Morgan fingerprint density at radius 3 is 1.13 bits per heavy atom. The van der Waals surface area contributed by atoms with E-state index in [1.807, 2.05) is 0 Å². The minimum Gasteiger partial charge on any atom is -0.303 e. The van der Waals surface area contributed by atoms with Crippen molar-refractivity contribution in [1.29, 1.82) is 0 Å². The third-order valence-electron chi connectivity index (χ3n) is 2.48. The molecule has 0 heterocycles. The molecule has 1 nitrogen and oxygen atoms in total. The van der Waals surface area contributed by atoms with Crippen LogP contribution in [0.5, 0.6) is 0 Å². The summed E-state index contributed by atoms with van der Waals surface area (Å²) in [5, 5.41) is 0. The number of halogens is 1. The highest BCUT2D eigenvalue weighted by molar-refractivity contribution is 5.85. The molecule has 0 aliphatic carbocycles. The Hall–Kier alpha value is 0.250. The Balaban J connectivity index is -0.000000720. The third kappa shape index (κ3) is 14.2. The highest BCUT2D eigenvalue weighted by Gasteiger charge is 2.01. The van der Waals surface area contributed by atoms with Crippen molar-refractivity contribution in [2.45, 2.75) is 66.7 Å². The Morgan fingerprint density at radius 2 is 0.933 bits per heavy atom. The molecule has 0 radical (unpaired) electrons. The van der Waals surface area contributed by atoms with E-state index in [-0.39, 0.29) is 19.8 Å². The van der Waals surface area contributed by atoms with Crippen LogP contribution in [-0.4, -0.2) is 24.5 Å². The van der Waals surface area contributed by atoms with E-state index in [9.17, 15) is 0 Å². The van der Waals surface area contributed by atoms with Gasteiger partial charge >= 0.3 is 0 Å². The molecule has 0 aliphatic heterocycles. The average molecular weight is 238 g/mol. The second kappa shape index (κ2) is 16.7. The fourth-order valence-corrected chi connectivity index (χ4v) is 1.48. The van der Waals surface area contributed by atoms with Gasteiger partial charge in [0.1, 0.15) is 0 Å². The summed E-state index contributed by atoms with van der Waals surface area (Å²) in [5.41, 5.74) is 0. The molecule has 96 valence electrons. The van der Waals surface area contributed by atoms with E-state index in [1.54, 1.807) is 0 Å². The lowest BCUT2D eigenvalue weighted by atomic mass is 10.2. The topological polar surface area (TPSA) is 3.24 Å². The summed E-state index contributed by atoms with van der Waals surface area (Å²) in [6, 6.07) is 0. The maximum absolute atomic E-state index is 2.64. The second-order valence-electron chi connectivity index (χ2n) is 3.90. The monoisotopic (exact) mass is 237 g/mol. The highest BCUT2D eigenvalue weighted by Crippen LogP contribution is 2.01. The normalized spacial score (nSPS) is 9.60. The zero-order chi connectivity index (χ0) is 9.94. The Kier molecular flexibility index (Phi) is 22.9. The van der Waals surface area contributed by atoms with Gasteiger partial charge < -0.3 is 4.90 Å². The van der Waals surface area contributed by atoms with Crippen LogP contribution >= 0.6 is 12.4 Å². The molecule has 15 heavy (non-hydrogen) atoms. The van der Waals surface area contributed by atoms with Gasteiger partial charge in [-0.05, 0) is 38.9 Å². The number of unbranched alkanes of at least 4 members (excludes halogenated alkanes) is 3. The summed E-state index contributed by atoms with van der Waals surface area (Å²) in [6.45, 7) is 10.8. The molecule has 0 saturated heterocycles. The fraction of sp³-hybridized carbons (Fsp3) is 1.00. The van der Waals surface area contributed by atoms with Crippen LogP contribution in [0, 0.1) is 0 Å². The zero-order valence-corrected chi connectivity index (χ0v) is 11.0. The van der Waals surface area contributed by atoms with Gasteiger partial charge in [0.15, 0.2) is 0 Å². The molecule has 0 atom stereocenters. The van der Waals surface area contributed by atoms with Gasteiger partial charge in [-0.15, -0.1) is 12.4 Å². The molecule has 0 bridgehead atoms. The van der Waals surface area contributed by atoms with Gasteiger partial charge in [0, 0.05) is 0 Å². The average Bonchev–Trinajstić information content (AvgIpc) is 2.17. The first-order valence-electron chi connectivity index (χ1n) is 6.07. The predicted molar refractivity (Wildman–Crippen MR) is 75.1 cm³/mol. The fourth-order valence-electron chi connectivity index (χ4n) is 1.48. The summed E-state index contributed by atoms with van der Waals surface area (Å²) in [6.07, 6.45) is 8.09. The Bertz CT molecular complexity index is 77.5. The van der Waals surface area contributed by atoms with Crippen molar-refractivity contribution < 1.29 is 0 Å². The van der Waals surface area contributed by atoms with Crippen LogP contribution in [-0.2, 0) is 0 Å². The smallest absolute Gasteiger partial charge is 0.00188 e. The van der Waals surface area contributed by atoms with Gasteiger partial charge in [-0.2, -0.15) is 0 Å². The van der Waals surface area contributed by atoms with Gasteiger partial charge in [0.2, 0.25) is 0 Å². The molecule has 2 heteroatoms. The van der Waals surface area contributed by atoms with E-state index in [2.05, 4.69) is 25.7 Å². The lowest BCUT2D eigenvalue weighted by Crippen LogP contribution is -2.27. The molecule has 0 amide bonds. The summed E-state index contributed by atoms with van der Waals surface area (Å²) >= 11 is 0. The standard InChI is InChI=1S/C12H27N.CH4.ClH/c1-4-7-10-13(11-8-5-2)12-9-6-3;;/h4-12H2,1-3H3;1H4;1H. The lowest BCUT2D eigenvalue weighted by Gasteiger charge is -2.21. The van der Waals surface area contributed by atoms with Gasteiger partial charge in [-0.1, -0.05) is 47.5 Å². The molecule has 0 aliphatic rings. The maximum atomic E-state index is 2.64. The summed E-state index contributed by atoms with van der Waals surface area (Å²) in [7, 11) is 0. The molecule has 0 N–H and O–H groups in total. The van der Waals surface area contributed by atoms with Crippen LogP contribution in [0.15, 0.2) is 0 Å². The second-order valence-corrected chi connectivity index (χ2v) is 3.90. The molecule has 0 rings (SSSR count). The summed E-state index contributed by atoms with van der Waals surface area (Å²) in [5.74, 6) is 0. The summed E-state index contributed by atoms with van der Waals surface area (Å²) < 4.78 is 0. The molecule has 0 unspecified atom stereocenters. The van der Waals surface area contributed by atoms with Crippen LogP contribution in [0.25, 0.3) is 0 Å². The van der Waals surface area contributed by atoms with Gasteiger partial charge in [-0.25, -0.2) is 0 Å². The van der Waals surface area contributed by atoms with Crippen molar-refractivity contribution in [3.8, 4) is 0 Å². The first kappa shape index (κ1) is 20.6. The van der Waals surface area contributed by atoms with Crippen molar-refractivity contribution >= 4 is 12.4 Å². The van der Waals surface area contributed by atoms with E-state index >= 15 is 0 Å². The lowest BCUT2D eigenvalue weighted by molar-refractivity contribution is 0.261. The largest absolute Gasteiger partial charge is 0.303 e. The van der Waals surface area contributed by atoms with Gasteiger partial charge in [0.05, 0.1) is 0 Å². The van der Waals surface area contributed by atoms with Crippen LogP contribution < -0.4 is 0 Å². The van der Waals surface area contributed by atoms with Crippen LogP contribution in [0.4, 0.5) is 0 Å². The van der Waals surface area contributed by atoms with E-state index in [0.717, 1.165) is 0 Å². The van der Waals surface area contributed by atoms with Crippen LogP contribution in [0.1, 0.15) is 66.7 Å². The molecule has 0 saturated carbocycles. The Labute approximate surface area is 104 Å². The van der Waals surface area contributed by atoms with Crippen molar-refractivity contribution in [3.05, 3.63) is 0 Å².